The maximum Gasteiger partial charge on any atom is 0.252 e. The highest BCUT2D eigenvalue weighted by Crippen LogP contribution is 2.55. The number of para-hydroxylation sites is 2. The Kier molecular flexibility index (Phi) is 14.1. The SMILES string of the molecule is CC(C)c1ccc2c(c1)c1cc(C(C)C)ccc1n2-c1ccc2c(c1)N(c1c(-c3ccccc3)cc(C(C)(C)C)cc1-c1ccccc1)c1cccc3c1B2c1ccc(-n2c4ccccc4c4ccccc42)cc1N3c1c(-c2ccccc2)cc(C(C)(C)C)cc1-c1ccccc1. The van der Waals surface area contributed by atoms with Gasteiger partial charge in [0.1, 0.15) is 0 Å². The fourth-order valence-electron chi connectivity index (χ4n) is 15.9. The predicted molar refractivity (Wildman–Crippen MR) is 416 cm³/mol. The van der Waals surface area contributed by atoms with Gasteiger partial charge < -0.3 is 18.9 Å². The number of nitrogens with zero attached hydrogens (tertiary/aromatic N) is 4. The van der Waals surface area contributed by atoms with Crippen molar-refractivity contribution in [3.8, 4) is 55.9 Å². The van der Waals surface area contributed by atoms with Crippen molar-refractivity contribution in [3.63, 3.8) is 0 Å². The highest BCUT2D eigenvalue weighted by atomic mass is 15.2. The van der Waals surface area contributed by atoms with E-state index in [0.717, 1.165) is 56.6 Å². The number of hydrogen-bond acceptors (Lipinski definition) is 2. The Balaban J connectivity index is 1.04. The first-order valence-corrected chi connectivity index (χ1v) is 34.7. The molecule has 5 heteroatoms. The lowest BCUT2D eigenvalue weighted by atomic mass is 9.33. The molecule has 2 aromatic heterocycles. The summed E-state index contributed by atoms with van der Waals surface area (Å²) in [6.07, 6.45) is 0. The summed E-state index contributed by atoms with van der Waals surface area (Å²) in [6.45, 7) is 23.1. The van der Waals surface area contributed by atoms with Crippen molar-refractivity contribution in [1.82, 2.24) is 9.13 Å². The summed E-state index contributed by atoms with van der Waals surface area (Å²) >= 11 is 0. The molecule has 2 aliphatic rings. The molecular weight excluding hydrogens is 1170 g/mol. The normalized spacial score (nSPS) is 13.0. The van der Waals surface area contributed by atoms with Crippen LogP contribution in [0.4, 0.5) is 34.1 Å². The van der Waals surface area contributed by atoms with Crippen LogP contribution in [-0.4, -0.2) is 15.8 Å². The monoisotopic (exact) mass is 1250 g/mol. The highest BCUT2D eigenvalue weighted by molar-refractivity contribution is 7.00. The topological polar surface area (TPSA) is 16.3 Å². The van der Waals surface area contributed by atoms with E-state index in [0.29, 0.717) is 11.8 Å². The lowest BCUT2D eigenvalue weighted by Gasteiger charge is -2.46. The molecule has 17 rings (SSSR count). The van der Waals surface area contributed by atoms with Gasteiger partial charge in [-0.1, -0.05) is 257 Å². The molecule has 0 aliphatic carbocycles. The Morgan fingerprint density at radius 3 is 0.959 bits per heavy atom. The number of fused-ring (bicyclic) bond motifs is 10. The van der Waals surface area contributed by atoms with E-state index in [-0.39, 0.29) is 17.5 Å². The minimum Gasteiger partial charge on any atom is -0.310 e. The van der Waals surface area contributed by atoms with E-state index in [9.17, 15) is 0 Å². The molecule has 97 heavy (non-hydrogen) atoms. The zero-order chi connectivity index (χ0) is 66.2. The molecule has 0 atom stereocenters. The van der Waals surface area contributed by atoms with Crippen LogP contribution >= 0.6 is 0 Å². The number of rotatable bonds is 10. The summed E-state index contributed by atoms with van der Waals surface area (Å²) < 4.78 is 5.04. The first kappa shape index (κ1) is 59.8. The molecule has 0 unspecified atom stereocenters. The van der Waals surface area contributed by atoms with Crippen molar-refractivity contribution in [3.05, 3.63) is 307 Å². The van der Waals surface area contributed by atoms with E-state index in [4.69, 9.17) is 0 Å². The van der Waals surface area contributed by atoms with Gasteiger partial charge in [-0.2, -0.15) is 0 Å². The Morgan fingerprint density at radius 1 is 0.289 bits per heavy atom. The molecular formula is C92H79BN4. The van der Waals surface area contributed by atoms with Crippen LogP contribution in [0.25, 0.3) is 99.5 Å². The van der Waals surface area contributed by atoms with Gasteiger partial charge in [-0.25, -0.2) is 0 Å². The molecule has 4 nitrogen and oxygen atoms in total. The second-order valence-electron chi connectivity index (χ2n) is 29.7. The smallest absolute Gasteiger partial charge is 0.252 e. The number of anilines is 6. The number of benzene rings is 13. The summed E-state index contributed by atoms with van der Waals surface area (Å²) in [7, 11) is 0. The maximum absolute atomic E-state index is 2.70. The molecule has 13 aromatic carbocycles. The van der Waals surface area contributed by atoms with Gasteiger partial charge in [0.2, 0.25) is 0 Å². The van der Waals surface area contributed by atoms with Crippen LogP contribution in [0.5, 0.6) is 0 Å². The maximum atomic E-state index is 2.70. The van der Waals surface area contributed by atoms with Crippen LogP contribution in [0, 0.1) is 0 Å². The van der Waals surface area contributed by atoms with E-state index in [1.807, 2.05) is 0 Å². The van der Waals surface area contributed by atoms with Gasteiger partial charge in [0.25, 0.3) is 6.71 Å². The van der Waals surface area contributed by atoms with Gasteiger partial charge in [-0.15, -0.1) is 0 Å². The van der Waals surface area contributed by atoms with Crippen LogP contribution < -0.4 is 26.2 Å². The van der Waals surface area contributed by atoms with Gasteiger partial charge in [0.15, 0.2) is 0 Å². The van der Waals surface area contributed by atoms with Crippen molar-refractivity contribution < 1.29 is 0 Å². The standard InChI is InChI=1S/C92H79BN4/c1-58(2)64-42-48-82-76(50-64)77-51-65(59(3)4)43-49-83(77)95(82)69-45-47-79-87(57-69)97(90-74(62-32-19-13-20-33-62)54-67(92(8,9)10)55-75(90)63-34-21-14-22-35-63)85-41-27-40-84-88(85)93(79)78-46-44-68(94-80-38-25-23-36-70(80)71-37-24-26-39-81(71)94)56-86(78)96(84)89-72(60-28-15-11-16-29-60)52-66(91(5,6)7)53-73(89)61-30-17-12-18-31-61/h11-59H,1-10H3. The highest BCUT2D eigenvalue weighted by Gasteiger charge is 2.46. The average Bonchev–Trinajstić information content (AvgIpc) is 1.19. The average molecular weight is 1250 g/mol. The molecule has 0 bridgehead atoms. The summed E-state index contributed by atoms with van der Waals surface area (Å²) in [4.78, 5) is 5.38. The van der Waals surface area contributed by atoms with Crippen LogP contribution in [-0.2, 0) is 10.8 Å². The van der Waals surface area contributed by atoms with Crippen LogP contribution in [0.15, 0.2) is 285 Å². The van der Waals surface area contributed by atoms with Crippen molar-refractivity contribution in [1.29, 1.82) is 0 Å². The molecule has 0 radical (unpaired) electrons. The lowest BCUT2D eigenvalue weighted by Crippen LogP contribution is -2.61. The van der Waals surface area contributed by atoms with Crippen molar-refractivity contribution >= 4 is 101 Å². The van der Waals surface area contributed by atoms with Crippen LogP contribution in [0.1, 0.15) is 103 Å². The number of aromatic nitrogens is 2. The molecule has 0 amide bonds. The summed E-state index contributed by atoms with van der Waals surface area (Å²) in [5.74, 6) is 0.761. The van der Waals surface area contributed by atoms with E-state index in [2.05, 4.69) is 373 Å². The molecule has 0 saturated heterocycles. The van der Waals surface area contributed by atoms with Crippen molar-refractivity contribution in [2.75, 3.05) is 9.80 Å². The molecule has 0 saturated carbocycles. The zero-order valence-electron chi connectivity index (χ0n) is 57.2. The third kappa shape index (κ3) is 9.79. The van der Waals surface area contributed by atoms with E-state index in [1.165, 1.54) is 116 Å². The molecule has 4 heterocycles. The van der Waals surface area contributed by atoms with Gasteiger partial charge in [-0.3, -0.25) is 0 Å². The van der Waals surface area contributed by atoms with E-state index in [1.54, 1.807) is 0 Å². The van der Waals surface area contributed by atoms with E-state index < -0.39 is 0 Å². The van der Waals surface area contributed by atoms with Gasteiger partial charge in [0.05, 0.1) is 33.4 Å². The van der Waals surface area contributed by atoms with Gasteiger partial charge >= 0.3 is 0 Å². The van der Waals surface area contributed by atoms with E-state index >= 15 is 0 Å². The lowest BCUT2D eigenvalue weighted by molar-refractivity contribution is 0.590. The first-order valence-electron chi connectivity index (χ1n) is 34.7. The van der Waals surface area contributed by atoms with Crippen molar-refractivity contribution in [2.45, 2.75) is 91.9 Å². The quantitative estimate of drug-likeness (QED) is 0.127. The molecule has 2 aliphatic heterocycles. The first-order chi connectivity index (χ1) is 47.1. The largest absolute Gasteiger partial charge is 0.310 e. The Morgan fingerprint density at radius 2 is 0.619 bits per heavy atom. The summed E-state index contributed by atoms with van der Waals surface area (Å²) in [5.41, 5.74) is 31.8. The van der Waals surface area contributed by atoms with Crippen LogP contribution in [0.3, 0.4) is 0 Å². The third-order valence-corrected chi connectivity index (χ3v) is 20.9. The minimum atomic E-state index is -0.200. The Labute approximate surface area is 571 Å². The fraction of sp³-hybridized carbons (Fsp3) is 0.152. The summed E-state index contributed by atoms with van der Waals surface area (Å²) in [6, 6.07) is 109. The number of hydrogen-bond donors (Lipinski definition) is 0. The van der Waals surface area contributed by atoms with Crippen molar-refractivity contribution in [2.24, 2.45) is 0 Å². The Hall–Kier alpha value is -10.9. The van der Waals surface area contributed by atoms with Gasteiger partial charge in [0, 0.05) is 77.9 Å². The molecule has 0 N–H and O–H groups in total. The predicted octanol–water partition coefficient (Wildman–Crippen LogP) is 23.5. The fourth-order valence-corrected chi connectivity index (χ4v) is 15.9. The molecule has 0 fully saturated rings. The molecule has 15 aromatic rings. The second kappa shape index (κ2) is 22.9. The molecule has 470 valence electrons. The zero-order valence-corrected chi connectivity index (χ0v) is 57.2. The second-order valence-corrected chi connectivity index (χ2v) is 29.7. The minimum absolute atomic E-state index is 0.169. The Bertz CT molecular complexity index is 5370. The molecule has 0 spiro atoms. The third-order valence-electron chi connectivity index (χ3n) is 20.9. The summed E-state index contributed by atoms with van der Waals surface area (Å²) in [5, 5.41) is 5.04. The van der Waals surface area contributed by atoms with Gasteiger partial charge in [-0.05, 0) is 181 Å². The van der Waals surface area contributed by atoms with Crippen LogP contribution in [0.2, 0.25) is 0 Å².